The molecule has 2 N–H and O–H groups in total. The van der Waals surface area contributed by atoms with Gasteiger partial charge in [-0.2, -0.15) is 0 Å². The van der Waals surface area contributed by atoms with Crippen LogP contribution in [0.2, 0.25) is 0 Å². The number of hydrogen-bond acceptors (Lipinski definition) is 2. The molecular weight excluding hydrogens is 223 g/mol. The molecule has 4 nitrogen and oxygen atoms in total. The average molecular weight is 238 g/mol. The van der Waals surface area contributed by atoms with Gasteiger partial charge in [-0.25, -0.2) is 4.39 Å². The van der Waals surface area contributed by atoms with E-state index < -0.39 is 5.82 Å². The van der Waals surface area contributed by atoms with Crippen LogP contribution in [0.25, 0.3) is 0 Å². The predicted molar refractivity (Wildman–Crippen MR) is 62.2 cm³/mol. The van der Waals surface area contributed by atoms with Crippen molar-refractivity contribution in [1.29, 1.82) is 0 Å². The van der Waals surface area contributed by atoms with Crippen LogP contribution in [0.4, 0.5) is 4.39 Å². The molecule has 0 unspecified atom stereocenters. The highest BCUT2D eigenvalue weighted by Crippen LogP contribution is 2.08. The summed E-state index contributed by atoms with van der Waals surface area (Å²) in [6.45, 7) is 3.70. The molecule has 1 rings (SSSR count). The Bertz CT molecular complexity index is 433. The maximum absolute atomic E-state index is 13.2. The van der Waals surface area contributed by atoms with Crippen LogP contribution in [-0.4, -0.2) is 24.9 Å². The van der Waals surface area contributed by atoms with E-state index in [0.29, 0.717) is 18.7 Å². The standard InChI is InChI=1S/C12H15FN2O2/c1-8-3-4-10(7-11(8)13)12(17)15-6-5-14-9(2)16/h3-4,7H,5-6H2,1-2H3,(H,14,16)(H,15,17). The summed E-state index contributed by atoms with van der Waals surface area (Å²) >= 11 is 0. The van der Waals surface area contributed by atoms with Gasteiger partial charge in [-0.3, -0.25) is 9.59 Å². The van der Waals surface area contributed by atoms with Crippen molar-refractivity contribution in [3.05, 3.63) is 35.1 Å². The highest BCUT2D eigenvalue weighted by molar-refractivity contribution is 5.94. The number of rotatable bonds is 4. The summed E-state index contributed by atoms with van der Waals surface area (Å²) < 4.78 is 13.2. The second-order valence-corrected chi connectivity index (χ2v) is 3.70. The van der Waals surface area contributed by atoms with E-state index in [1.165, 1.54) is 13.0 Å². The van der Waals surface area contributed by atoms with Crippen molar-refractivity contribution in [2.75, 3.05) is 13.1 Å². The Hall–Kier alpha value is -1.91. The maximum atomic E-state index is 13.2. The molecule has 5 heteroatoms. The van der Waals surface area contributed by atoms with Gasteiger partial charge >= 0.3 is 0 Å². The first-order valence-electron chi connectivity index (χ1n) is 5.29. The fraction of sp³-hybridized carbons (Fsp3) is 0.333. The topological polar surface area (TPSA) is 58.2 Å². The van der Waals surface area contributed by atoms with Gasteiger partial charge in [-0.1, -0.05) is 6.07 Å². The van der Waals surface area contributed by atoms with Crippen LogP contribution in [0, 0.1) is 12.7 Å². The summed E-state index contributed by atoms with van der Waals surface area (Å²) in [5.41, 5.74) is 0.774. The zero-order valence-electron chi connectivity index (χ0n) is 9.84. The van der Waals surface area contributed by atoms with Crippen LogP contribution < -0.4 is 10.6 Å². The van der Waals surface area contributed by atoms with Gasteiger partial charge < -0.3 is 10.6 Å². The van der Waals surface area contributed by atoms with Gasteiger partial charge in [0.05, 0.1) is 0 Å². The molecule has 92 valence electrons. The van der Waals surface area contributed by atoms with Gasteiger partial charge in [0.25, 0.3) is 5.91 Å². The van der Waals surface area contributed by atoms with Crippen molar-refractivity contribution in [1.82, 2.24) is 10.6 Å². The molecule has 2 amide bonds. The second kappa shape index (κ2) is 5.98. The fourth-order valence-electron chi connectivity index (χ4n) is 1.25. The van der Waals surface area contributed by atoms with Crippen molar-refractivity contribution < 1.29 is 14.0 Å². The van der Waals surface area contributed by atoms with Gasteiger partial charge in [0.2, 0.25) is 5.91 Å². The lowest BCUT2D eigenvalue weighted by Crippen LogP contribution is -2.33. The number of carbonyl (C=O) groups excluding carboxylic acids is 2. The largest absolute Gasteiger partial charge is 0.355 e. The van der Waals surface area contributed by atoms with Gasteiger partial charge in [-0.15, -0.1) is 0 Å². The van der Waals surface area contributed by atoms with Gasteiger partial charge in [0.15, 0.2) is 0 Å². The molecule has 0 saturated carbocycles. The highest BCUT2D eigenvalue weighted by Gasteiger charge is 2.07. The molecule has 1 aromatic carbocycles. The van der Waals surface area contributed by atoms with Crippen LogP contribution in [0.15, 0.2) is 18.2 Å². The fourth-order valence-corrected chi connectivity index (χ4v) is 1.25. The van der Waals surface area contributed by atoms with Crippen molar-refractivity contribution in [3.8, 4) is 0 Å². The van der Waals surface area contributed by atoms with E-state index in [0.717, 1.165) is 0 Å². The smallest absolute Gasteiger partial charge is 0.251 e. The first kappa shape index (κ1) is 13.2. The molecule has 0 aliphatic heterocycles. The molecule has 17 heavy (non-hydrogen) atoms. The lowest BCUT2D eigenvalue weighted by atomic mass is 10.1. The molecule has 0 saturated heterocycles. The van der Waals surface area contributed by atoms with Crippen LogP contribution >= 0.6 is 0 Å². The summed E-state index contributed by atoms with van der Waals surface area (Å²) in [6.07, 6.45) is 0. The third-order valence-corrected chi connectivity index (χ3v) is 2.22. The van der Waals surface area contributed by atoms with Gasteiger partial charge in [-0.05, 0) is 24.6 Å². The monoisotopic (exact) mass is 238 g/mol. The molecule has 0 fully saturated rings. The minimum atomic E-state index is -0.403. The number of carbonyl (C=O) groups is 2. The van der Waals surface area contributed by atoms with Crippen LogP contribution in [0.1, 0.15) is 22.8 Å². The van der Waals surface area contributed by atoms with E-state index in [2.05, 4.69) is 10.6 Å². The summed E-state index contributed by atoms with van der Waals surface area (Å²) in [7, 11) is 0. The van der Waals surface area contributed by atoms with E-state index in [1.54, 1.807) is 19.1 Å². The lowest BCUT2D eigenvalue weighted by molar-refractivity contribution is -0.118. The Morgan fingerprint density at radius 3 is 2.47 bits per heavy atom. The molecule has 0 aliphatic carbocycles. The Morgan fingerprint density at radius 1 is 1.24 bits per heavy atom. The number of halogens is 1. The van der Waals surface area contributed by atoms with E-state index >= 15 is 0 Å². The number of nitrogens with one attached hydrogen (secondary N) is 2. The summed E-state index contributed by atoms with van der Waals surface area (Å²) in [5, 5.41) is 5.13. The van der Waals surface area contributed by atoms with Gasteiger partial charge in [0.1, 0.15) is 5.82 Å². The Balaban J connectivity index is 2.47. The number of amides is 2. The molecule has 0 heterocycles. The Morgan fingerprint density at radius 2 is 1.88 bits per heavy atom. The molecular formula is C12H15FN2O2. The first-order chi connectivity index (χ1) is 8.00. The SMILES string of the molecule is CC(=O)NCCNC(=O)c1ccc(C)c(F)c1. The molecule has 0 bridgehead atoms. The summed E-state index contributed by atoms with van der Waals surface area (Å²) in [5.74, 6) is -0.908. The number of benzene rings is 1. The van der Waals surface area contributed by atoms with E-state index in [-0.39, 0.29) is 17.4 Å². The second-order valence-electron chi connectivity index (χ2n) is 3.70. The van der Waals surface area contributed by atoms with E-state index in [1.807, 2.05) is 0 Å². The van der Waals surface area contributed by atoms with E-state index in [9.17, 15) is 14.0 Å². The maximum Gasteiger partial charge on any atom is 0.251 e. The molecule has 0 aromatic heterocycles. The third-order valence-electron chi connectivity index (χ3n) is 2.22. The number of aryl methyl sites for hydroxylation is 1. The third kappa shape index (κ3) is 4.22. The molecule has 0 atom stereocenters. The Labute approximate surface area is 99.2 Å². The predicted octanol–water partition coefficient (Wildman–Crippen LogP) is 1.00. The van der Waals surface area contributed by atoms with Crippen molar-refractivity contribution >= 4 is 11.8 Å². The normalized spacial score (nSPS) is 9.82. The molecule has 0 spiro atoms. The van der Waals surface area contributed by atoms with Crippen molar-refractivity contribution in [3.63, 3.8) is 0 Å². The molecule has 1 aromatic rings. The average Bonchev–Trinajstić information content (AvgIpc) is 2.27. The van der Waals surface area contributed by atoms with Crippen LogP contribution in [0.5, 0.6) is 0 Å². The van der Waals surface area contributed by atoms with Crippen LogP contribution in [0.3, 0.4) is 0 Å². The molecule has 0 aliphatic rings. The highest BCUT2D eigenvalue weighted by atomic mass is 19.1. The zero-order valence-corrected chi connectivity index (χ0v) is 9.84. The zero-order chi connectivity index (χ0) is 12.8. The summed E-state index contributed by atoms with van der Waals surface area (Å²) in [6, 6.07) is 4.31. The van der Waals surface area contributed by atoms with Crippen molar-refractivity contribution in [2.24, 2.45) is 0 Å². The first-order valence-corrected chi connectivity index (χ1v) is 5.29. The van der Waals surface area contributed by atoms with E-state index in [4.69, 9.17) is 0 Å². The van der Waals surface area contributed by atoms with Crippen molar-refractivity contribution in [2.45, 2.75) is 13.8 Å². The Kier molecular flexibility index (Phi) is 4.63. The lowest BCUT2D eigenvalue weighted by Gasteiger charge is -2.06. The quantitative estimate of drug-likeness (QED) is 0.769. The minimum Gasteiger partial charge on any atom is -0.355 e. The van der Waals surface area contributed by atoms with Gasteiger partial charge in [0, 0.05) is 25.6 Å². The molecule has 0 radical (unpaired) electrons. The van der Waals surface area contributed by atoms with Crippen LogP contribution in [-0.2, 0) is 4.79 Å². The summed E-state index contributed by atoms with van der Waals surface area (Å²) in [4.78, 5) is 22.1. The number of hydrogen-bond donors (Lipinski definition) is 2. The minimum absolute atomic E-state index is 0.152.